The highest BCUT2D eigenvalue weighted by molar-refractivity contribution is 6.08. The number of primary amides is 1. The summed E-state index contributed by atoms with van der Waals surface area (Å²) in [5.74, 6) is -0.491. The minimum absolute atomic E-state index is 0.0244. The quantitative estimate of drug-likeness (QED) is 0.635. The molecular formula is C22H19F2N7O2. The van der Waals surface area contributed by atoms with Gasteiger partial charge in [-0.05, 0) is 36.3 Å². The summed E-state index contributed by atoms with van der Waals surface area (Å²) in [4.78, 5) is 22.7. The van der Waals surface area contributed by atoms with E-state index in [1.807, 2.05) is 6.08 Å². The summed E-state index contributed by atoms with van der Waals surface area (Å²) < 4.78 is 34.8. The van der Waals surface area contributed by atoms with Crippen LogP contribution in [0, 0.1) is 11.6 Å². The average molecular weight is 451 g/mol. The number of amides is 1. The Bertz CT molecular complexity index is 1350. The van der Waals surface area contributed by atoms with Gasteiger partial charge in [0.2, 0.25) is 17.8 Å². The molecular weight excluding hydrogens is 432 g/mol. The van der Waals surface area contributed by atoms with Gasteiger partial charge in [0, 0.05) is 11.5 Å². The van der Waals surface area contributed by atoms with E-state index in [0.717, 1.165) is 6.07 Å². The third-order valence-corrected chi connectivity index (χ3v) is 5.21. The first-order chi connectivity index (χ1) is 16.0. The Labute approximate surface area is 186 Å². The Balaban J connectivity index is 1.60. The first-order valence-corrected chi connectivity index (χ1v) is 10.2. The number of halogens is 2. The lowest BCUT2D eigenvalue weighted by Gasteiger charge is -2.30. The second kappa shape index (κ2) is 8.43. The number of fused-ring (bicyclic) bond motifs is 2. The van der Waals surface area contributed by atoms with Crippen LogP contribution < -0.4 is 11.1 Å². The van der Waals surface area contributed by atoms with Gasteiger partial charge in [-0.3, -0.25) is 9.69 Å². The first-order valence-electron chi connectivity index (χ1n) is 10.2. The third kappa shape index (κ3) is 4.05. The van der Waals surface area contributed by atoms with Crippen molar-refractivity contribution in [2.45, 2.75) is 13.0 Å². The molecule has 3 aromatic rings. The number of carbonyl (C=O) groups excluding carboxylic acids is 1. The number of guanidine groups is 1. The van der Waals surface area contributed by atoms with E-state index in [9.17, 15) is 13.6 Å². The van der Waals surface area contributed by atoms with Crippen molar-refractivity contribution in [2.75, 3.05) is 13.3 Å². The van der Waals surface area contributed by atoms with Crippen LogP contribution in [0.4, 0.5) is 8.78 Å². The van der Waals surface area contributed by atoms with Crippen molar-refractivity contribution in [3.05, 3.63) is 77.3 Å². The topological polar surface area (TPSA) is 110 Å². The number of hydrogen-bond donors (Lipinski definition) is 2. The lowest BCUT2D eigenvalue weighted by Crippen LogP contribution is -2.47. The van der Waals surface area contributed by atoms with Crippen LogP contribution in [0.1, 0.15) is 22.3 Å². The van der Waals surface area contributed by atoms with Gasteiger partial charge in [0.1, 0.15) is 24.2 Å². The number of nitrogens with one attached hydrogen (secondary N) is 1. The molecule has 0 atom stereocenters. The maximum Gasteiger partial charge on any atom is 0.249 e. The van der Waals surface area contributed by atoms with E-state index in [0.29, 0.717) is 41.3 Å². The van der Waals surface area contributed by atoms with Crippen LogP contribution in [0.15, 0.2) is 64.5 Å². The van der Waals surface area contributed by atoms with Gasteiger partial charge in [0.05, 0.1) is 30.4 Å². The summed E-state index contributed by atoms with van der Waals surface area (Å²) in [6.07, 6.45) is 4.02. The molecule has 168 valence electrons. The highest BCUT2D eigenvalue weighted by atomic mass is 19.1. The molecule has 0 saturated carbocycles. The predicted octanol–water partition coefficient (Wildman–Crippen LogP) is 2.30. The van der Waals surface area contributed by atoms with Crippen LogP contribution >= 0.6 is 0 Å². The Morgan fingerprint density at radius 3 is 2.94 bits per heavy atom. The summed E-state index contributed by atoms with van der Waals surface area (Å²) in [6, 6.07) is 8.47. The number of nitrogens with two attached hydrogens (primary N) is 1. The van der Waals surface area contributed by atoms with Crippen molar-refractivity contribution in [1.29, 1.82) is 0 Å². The van der Waals surface area contributed by atoms with E-state index in [1.165, 1.54) is 29.1 Å². The van der Waals surface area contributed by atoms with Crippen LogP contribution in [0.3, 0.4) is 0 Å². The lowest BCUT2D eigenvalue weighted by molar-refractivity contribution is 0.0867. The number of aliphatic imine (C=N–C) groups is 2. The molecule has 11 heteroatoms. The molecule has 2 aliphatic rings. The average Bonchev–Trinajstić information content (AvgIpc) is 3.06. The summed E-state index contributed by atoms with van der Waals surface area (Å²) >= 11 is 0. The molecule has 0 spiro atoms. The van der Waals surface area contributed by atoms with Crippen molar-refractivity contribution in [1.82, 2.24) is 20.0 Å². The van der Waals surface area contributed by atoms with Crippen molar-refractivity contribution in [3.63, 3.8) is 0 Å². The molecule has 5 rings (SSSR count). The zero-order valence-corrected chi connectivity index (χ0v) is 17.3. The number of rotatable bonds is 3. The van der Waals surface area contributed by atoms with Gasteiger partial charge >= 0.3 is 0 Å². The van der Waals surface area contributed by atoms with Crippen LogP contribution in [-0.2, 0) is 11.3 Å². The molecule has 1 amide bonds. The largest absolute Gasteiger partial charge is 0.366 e. The van der Waals surface area contributed by atoms with Gasteiger partial charge in [-0.1, -0.05) is 12.1 Å². The Hall–Kier alpha value is -4.12. The monoisotopic (exact) mass is 451 g/mol. The smallest absolute Gasteiger partial charge is 0.249 e. The molecule has 2 aliphatic heterocycles. The van der Waals surface area contributed by atoms with E-state index >= 15 is 0 Å². The normalized spacial score (nSPS) is 17.3. The number of carbonyl (C=O) groups is 1. The molecule has 0 radical (unpaired) electrons. The fraction of sp³-hybridized carbons (Fsp3) is 0.182. The van der Waals surface area contributed by atoms with Gasteiger partial charge in [-0.2, -0.15) is 14.8 Å². The minimum Gasteiger partial charge on any atom is -0.366 e. The summed E-state index contributed by atoms with van der Waals surface area (Å²) in [7, 11) is 0. The molecule has 2 aromatic carbocycles. The Kier molecular flexibility index (Phi) is 5.31. The Morgan fingerprint density at radius 1 is 1.24 bits per heavy atom. The zero-order chi connectivity index (χ0) is 22.9. The molecule has 3 heterocycles. The van der Waals surface area contributed by atoms with Gasteiger partial charge in [0.25, 0.3) is 0 Å². The van der Waals surface area contributed by atoms with E-state index in [4.69, 9.17) is 10.5 Å². The van der Waals surface area contributed by atoms with Crippen LogP contribution in [0.5, 0.6) is 0 Å². The lowest BCUT2D eigenvalue weighted by atomic mass is 10.1. The highest BCUT2D eigenvalue weighted by Crippen LogP contribution is 2.22. The molecule has 0 fully saturated rings. The minimum atomic E-state index is -0.760. The molecule has 1 aromatic heterocycles. The van der Waals surface area contributed by atoms with E-state index in [2.05, 4.69) is 20.4 Å². The van der Waals surface area contributed by atoms with E-state index in [-0.39, 0.29) is 30.6 Å². The van der Waals surface area contributed by atoms with Crippen molar-refractivity contribution in [3.8, 4) is 0 Å². The second-order valence-electron chi connectivity index (χ2n) is 7.46. The molecule has 9 nitrogen and oxygen atoms in total. The third-order valence-electron chi connectivity index (χ3n) is 5.21. The van der Waals surface area contributed by atoms with Gasteiger partial charge in [-0.15, -0.1) is 0 Å². The van der Waals surface area contributed by atoms with Gasteiger partial charge in [-0.25, -0.2) is 13.8 Å². The van der Waals surface area contributed by atoms with Crippen LogP contribution in [-0.4, -0.2) is 45.8 Å². The number of hydrogen-bond acceptors (Lipinski definition) is 5. The van der Waals surface area contributed by atoms with Crippen molar-refractivity contribution < 1.29 is 18.3 Å². The van der Waals surface area contributed by atoms with Crippen LogP contribution in [0.25, 0.3) is 10.9 Å². The molecule has 3 N–H and O–H groups in total. The van der Waals surface area contributed by atoms with Crippen molar-refractivity contribution >= 4 is 28.7 Å². The molecule has 33 heavy (non-hydrogen) atoms. The maximum absolute atomic E-state index is 14.2. The van der Waals surface area contributed by atoms with Gasteiger partial charge in [0.15, 0.2) is 0 Å². The van der Waals surface area contributed by atoms with E-state index in [1.54, 1.807) is 17.0 Å². The number of nitrogens with zero attached hydrogens (tertiary/aromatic N) is 5. The standard InChI is InChI=1S/C22H19F2N7O2/c23-14-4-1-3-13(7-14)10-26-21-29-22(28-19-5-2-6-33-12-30(19)21)31-18-9-15(24)8-16(20(25)32)17(18)11-27-31/h1,3-5,7-9,11H,2,6,10,12H2,(H2,25,32)(H,26,28,29). The zero-order valence-electron chi connectivity index (χ0n) is 17.3. The fourth-order valence-corrected chi connectivity index (χ4v) is 3.68. The molecule has 0 unspecified atom stereocenters. The second-order valence-corrected chi connectivity index (χ2v) is 7.46. The maximum atomic E-state index is 14.2. The van der Waals surface area contributed by atoms with E-state index < -0.39 is 11.7 Å². The SMILES string of the molecule is NC(=O)c1cc(F)cc2c1cnn2C1=NC(=NCc2cccc(F)c2)N2COCCC=C2N1. The highest BCUT2D eigenvalue weighted by Gasteiger charge is 2.27. The van der Waals surface area contributed by atoms with Crippen LogP contribution in [0.2, 0.25) is 0 Å². The summed E-state index contributed by atoms with van der Waals surface area (Å²) in [5.41, 5.74) is 6.42. The number of benzene rings is 2. The summed E-state index contributed by atoms with van der Waals surface area (Å²) in [6.45, 7) is 0.929. The molecule has 0 saturated heterocycles. The summed E-state index contributed by atoms with van der Waals surface area (Å²) in [5, 5.41) is 7.86. The molecule has 0 aliphatic carbocycles. The van der Waals surface area contributed by atoms with Crippen molar-refractivity contribution in [2.24, 2.45) is 15.7 Å². The first kappa shape index (κ1) is 20.8. The fourth-order valence-electron chi connectivity index (χ4n) is 3.68. The predicted molar refractivity (Wildman–Crippen MR) is 117 cm³/mol. The Morgan fingerprint density at radius 2 is 2.12 bits per heavy atom. The number of ether oxygens (including phenoxy) is 1. The number of aromatic nitrogens is 2. The molecule has 0 bridgehead atoms. The van der Waals surface area contributed by atoms with Gasteiger partial charge < -0.3 is 15.8 Å².